The van der Waals surface area contributed by atoms with Crippen molar-refractivity contribution >= 4 is 6.29 Å². The zero-order valence-electron chi connectivity index (χ0n) is 10.7. The van der Waals surface area contributed by atoms with Crippen LogP contribution in [0.1, 0.15) is 24.8 Å². The van der Waals surface area contributed by atoms with Gasteiger partial charge in [-0.25, -0.2) is 8.78 Å². The van der Waals surface area contributed by atoms with Crippen LogP contribution in [0, 0.1) is 11.8 Å². The summed E-state index contributed by atoms with van der Waals surface area (Å²) in [6, 6.07) is 9.57. The average Bonchev–Trinajstić information content (AvgIpc) is 2.39. The average molecular weight is 268 g/mol. The fourth-order valence-corrected chi connectivity index (χ4v) is 2.51. The fraction of sp³-hybridized carbons (Fsp3) is 0.533. The molecule has 1 fully saturated rings. The van der Waals surface area contributed by atoms with Crippen LogP contribution in [0.15, 0.2) is 30.3 Å². The molecule has 0 radical (unpaired) electrons. The van der Waals surface area contributed by atoms with Gasteiger partial charge in [-0.05, 0) is 17.9 Å². The largest absolute Gasteiger partial charge is 0.376 e. The number of carbonyl (C=O) groups is 1. The number of benzene rings is 1. The van der Waals surface area contributed by atoms with Crippen LogP contribution in [0.2, 0.25) is 0 Å². The van der Waals surface area contributed by atoms with Crippen LogP contribution in [0.3, 0.4) is 0 Å². The van der Waals surface area contributed by atoms with E-state index in [0.29, 0.717) is 6.61 Å². The second-order valence-corrected chi connectivity index (χ2v) is 5.16. The minimum Gasteiger partial charge on any atom is -0.376 e. The highest BCUT2D eigenvalue weighted by Crippen LogP contribution is 2.39. The van der Waals surface area contributed by atoms with Crippen molar-refractivity contribution in [3.8, 4) is 0 Å². The molecule has 0 spiro atoms. The normalized spacial score (nSPS) is 26.0. The summed E-state index contributed by atoms with van der Waals surface area (Å²) in [5.41, 5.74) is 1.01. The molecule has 0 heterocycles. The molecule has 1 aliphatic carbocycles. The van der Waals surface area contributed by atoms with Gasteiger partial charge in [-0.3, -0.25) is 0 Å². The van der Waals surface area contributed by atoms with Crippen molar-refractivity contribution in [2.75, 3.05) is 6.61 Å². The van der Waals surface area contributed by atoms with Gasteiger partial charge < -0.3 is 9.53 Å². The first-order valence-corrected chi connectivity index (χ1v) is 6.55. The Morgan fingerprint density at radius 3 is 2.74 bits per heavy atom. The lowest BCUT2D eigenvalue weighted by molar-refractivity contribution is -0.123. The monoisotopic (exact) mass is 268 g/mol. The Morgan fingerprint density at radius 2 is 2.05 bits per heavy atom. The van der Waals surface area contributed by atoms with Crippen LogP contribution >= 0.6 is 0 Å². The summed E-state index contributed by atoms with van der Waals surface area (Å²) >= 11 is 0. The Labute approximate surface area is 111 Å². The molecule has 0 saturated heterocycles. The van der Waals surface area contributed by atoms with Gasteiger partial charge in [0.25, 0.3) is 0 Å². The third-order valence-corrected chi connectivity index (χ3v) is 3.63. The molecule has 0 aliphatic heterocycles. The molecule has 1 aliphatic rings. The molecular formula is C15H18F2O2. The summed E-state index contributed by atoms with van der Waals surface area (Å²) in [5.74, 6) is -3.32. The van der Waals surface area contributed by atoms with Crippen molar-refractivity contribution in [2.45, 2.75) is 31.8 Å². The van der Waals surface area contributed by atoms with Gasteiger partial charge in [-0.2, -0.15) is 0 Å². The van der Waals surface area contributed by atoms with Crippen molar-refractivity contribution in [3.63, 3.8) is 0 Å². The Hall–Kier alpha value is -1.29. The standard InChI is InChI=1S/C15H18F2O2/c16-15(17)7-6-13(9-18)14(8-15)11-19-10-12-4-2-1-3-5-12/h1-5,9,13-14H,6-8,10-11H2/t13-,14-/m0/s1. The van der Waals surface area contributed by atoms with E-state index in [1.807, 2.05) is 30.3 Å². The van der Waals surface area contributed by atoms with Crippen molar-refractivity contribution in [1.82, 2.24) is 0 Å². The van der Waals surface area contributed by atoms with E-state index in [-0.39, 0.29) is 37.7 Å². The maximum atomic E-state index is 13.3. The van der Waals surface area contributed by atoms with Gasteiger partial charge in [0.2, 0.25) is 5.92 Å². The minimum atomic E-state index is -2.65. The molecule has 0 bridgehead atoms. The maximum Gasteiger partial charge on any atom is 0.248 e. The van der Waals surface area contributed by atoms with Crippen molar-refractivity contribution in [3.05, 3.63) is 35.9 Å². The summed E-state index contributed by atoms with van der Waals surface area (Å²) in [7, 11) is 0. The van der Waals surface area contributed by atoms with Crippen LogP contribution in [0.5, 0.6) is 0 Å². The van der Waals surface area contributed by atoms with Crippen LogP contribution in [0.25, 0.3) is 0 Å². The van der Waals surface area contributed by atoms with Gasteiger partial charge >= 0.3 is 0 Å². The highest BCUT2D eigenvalue weighted by atomic mass is 19.3. The van der Waals surface area contributed by atoms with E-state index in [1.54, 1.807) is 0 Å². The Balaban J connectivity index is 1.84. The predicted molar refractivity (Wildman–Crippen MR) is 67.9 cm³/mol. The first-order valence-electron chi connectivity index (χ1n) is 6.55. The summed E-state index contributed by atoms with van der Waals surface area (Å²) in [4.78, 5) is 10.9. The van der Waals surface area contributed by atoms with Gasteiger partial charge in [0.05, 0.1) is 13.2 Å². The van der Waals surface area contributed by atoms with Crippen LogP contribution < -0.4 is 0 Å². The number of aldehydes is 1. The summed E-state index contributed by atoms with van der Waals surface area (Å²) < 4.78 is 32.2. The summed E-state index contributed by atoms with van der Waals surface area (Å²) in [5, 5.41) is 0. The second kappa shape index (κ2) is 6.24. The molecule has 0 N–H and O–H groups in total. The molecule has 1 saturated carbocycles. The quantitative estimate of drug-likeness (QED) is 0.764. The topological polar surface area (TPSA) is 26.3 Å². The van der Waals surface area contributed by atoms with E-state index in [4.69, 9.17) is 4.74 Å². The van der Waals surface area contributed by atoms with E-state index < -0.39 is 5.92 Å². The molecule has 19 heavy (non-hydrogen) atoms. The number of ether oxygens (including phenoxy) is 1. The molecule has 0 unspecified atom stereocenters. The summed E-state index contributed by atoms with van der Waals surface area (Å²) in [6.07, 6.45) is 0.623. The highest BCUT2D eigenvalue weighted by molar-refractivity contribution is 5.54. The molecule has 2 nitrogen and oxygen atoms in total. The zero-order chi connectivity index (χ0) is 13.7. The number of alkyl halides is 2. The van der Waals surface area contributed by atoms with Gasteiger partial charge in [0, 0.05) is 18.8 Å². The maximum absolute atomic E-state index is 13.3. The van der Waals surface area contributed by atoms with Crippen molar-refractivity contribution in [2.24, 2.45) is 11.8 Å². The minimum absolute atomic E-state index is 0.189. The molecule has 0 aromatic heterocycles. The molecule has 104 valence electrons. The molecule has 2 rings (SSSR count). The van der Waals surface area contributed by atoms with Crippen LogP contribution in [-0.2, 0) is 16.1 Å². The number of rotatable bonds is 5. The molecule has 1 aromatic rings. The summed E-state index contributed by atoms with van der Waals surface area (Å²) in [6.45, 7) is 0.613. The van der Waals surface area contributed by atoms with E-state index in [2.05, 4.69) is 0 Å². The Bertz CT molecular complexity index is 406. The molecule has 1 aromatic carbocycles. The first kappa shape index (κ1) is 14.1. The number of hydrogen-bond donors (Lipinski definition) is 0. The van der Waals surface area contributed by atoms with Crippen molar-refractivity contribution < 1.29 is 18.3 Å². The Kier molecular flexibility index (Phi) is 4.64. The second-order valence-electron chi connectivity index (χ2n) is 5.16. The SMILES string of the molecule is O=C[C@@H]1CCC(F)(F)C[C@H]1COCc1ccccc1. The lowest BCUT2D eigenvalue weighted by atomic mass is 9.78. The smallest absolute Gasteiger partial charge is 0.248 e. The number of carbonyl (C=O) groups excluding carboxylic acids is 1. The van der Waals surface area contributed by atoms with Gasteiger partial charge in [0.15, 0.2) is 0 Å². The molecular weight excluding hydrogens is 250 g/mol. The number of hydrogen-bond acceptors (Lipinski definition) is 2. The third-order valence-electron chi connectivity index (χ3n) is 3.63. The fourth-order valence-electron chi connectivity index (χ4n) is 2.51. The highest BCUT2D eigenvalue weighted by Gasteiger charge is 2.41. The first-order chi connectivity index (χ1) is 9.11. The van der Waals surface area contributed by atoms with Gasteiger partial charge in [0.1, 0.15) is 6.29 Å². The Morgan fingerprint density at radius 1 is 1.32 bits per heavy atom. The van der Waals surface area contributed by atoms with Crippen LogP contribution in [-0.4, -0.2) is 18.8 Å². The van der Waals surface area contributed by atoms with Gasteiger partial charge in [-0.15, -0.1) is 0 Å². The van der Waals surface area contributed by atoms with E-state index >= 15 is 0 Å². The van der Waals surface area contributed by atoms with E-state index in [0.717, 1.165) is 11.8 Å². The third kappa shape index (κ3) is 4.10. The molecule has 0 amide bonds. The molecule has 4 heteroatoms. The lowest BCUT2D eigenvalue weighted by Crippen LogP contribution is -2.35. The predicted octanol–water partition coefficient (Wildman–Crippen LogP) is 3.45. The number of halogens is 2. The zero-order valence-corrected chi connectivity index (χ0v) is 10.7. The van der Waals surface area contributed by atoms with Gasteiger partial charge in [-0.1, -0.05) is 30.3 Å². The van der Waals surface area contributed by atoms with E-state index in [1.165, 1.54) is 0 Å². The van der Waals surface area contributed by atoms with Crippen LogP contribution in [0.4, 0.5) is 8.78 Å². The molecule has 2 atom stereocenters. The van der Waals surface area contributed by atoms with E-state index in [9.17, 15) is 13.6 Å². The van der Waals surface area contributed by atoms with Crippen molar-refractivity contribution in [1.29, 1.82) is 0 Å². The lowest BCUT2D eigenvalue weighted by Gasteiger charge is -2.33.